The van der Waals surface area contributed by atoms with Crippen molar-refractivity contribution in [3.05, 3.63) is 59.1 Å². The van der Waals surface area contributed by atoms with E-state index in [1.807, 2.05) is 30.3 Å². The van der Waals surface area contributed by atoms with Gasteiger partial charge in [-0.05, 0) is 55.5 Å². The second-order valence-electron chi connectivity index (χ2n) is 4.19. The van der Waals surface area contributed by atoms with Crippen molar-refractivity contribution in [2.75, 3.05) is 10.6 Å². The Kier molecular flexibility index (Phi) is 4.71. The SMILES string of the molecule is CC(=O)c1ccccc1NC(=S)Nc1ccc(Cl)cc1. The van der Waals surface area contributed by atoms with Crippen LogP contribution in [0, 0.1) is 0 Å². The van der Waals surface area contributed by atoms with Crippen molar-refractivity contribution in [1.29, 1.82) is 0 Å². The van der Waals surface area contributed by atoms with Crippen LogP contribution in [0.3, 0.4) is 0 Å². The van der Waals surface area contributed by atoms with Crippen molar-refractivity contribution in [1.82, 2.24) is 0 Å². The van der Waals surface area contributed by atoms with Crippen molar-refractivity contribution in [2.24, 2.45) is 0 Å². The van der Waals surface area contributed by atoms with Gasteiger partial charge in [-0.25, -0.2) is 0 Å². The first-order valence-electron chi connectivity index (χ1n) is 6.00. The van der Waals surface area contributed by atoms with Crippen molar-refractivity contribution >= 4 is 46.1 Å². The highest BCUT2D eigenvalue weighted by atomic mass is 35.5. The molecule has 2 rings (SSSR count). The summed E-state index contributed by atoms with van der Waals surface area (Å²) >= 11 is 11.1. The second-order valence-corrected chi connectivity index (χ2v) is 5.03. The van der Waals surface area contributed by atoms with Crippen LogP contribution in [0.2, 0.25) is 5.02 Å². The molecule has 0 saturated heterocycles. The van der Waals surface area contributed by atoms with E-state index in [4.69, 9.17) is 23.8 Å². The molecule has 0 spiro atoms. The number of anilines is 2. The molecular formula is C15H13ClN2OS. The molecule has 2 aromatic rings. The number of halogens is 1. The summed E-state index contributed by atoms with van der Waals surface area (Å²) in [4.78, 5) is 11.5. The molecule has 0 radical (unpaired) electrons. The van der Waals surface area contributed by atoms with Gasteiger partial charge in [0.05, 0.1) is 5.69 Å². The van der Waals surface area contributed by atoms with E-state index < -0.39 is 0 Å². The summed E-state index contributed by atoms with van der Waals surface area (Å²) in [6.45, 7) is 1.52. The predicted molar refractivity (Wildman–Crippen MR) is 87.7 cm³/mol. The molecule has 2 N–H and O–H groups in total. The molecule has 0 fully saturated rings. The molecule has 0 unspecified atom stereocenters. The minimum Gasteiger partial charge on any atom is -0.332 e. The van der Waals surface area contributed by atoms with Crippen molar-refractivity contribution < 1.29 is 4.79 Å². The molecule has 102 valence electrons. The van der Waals surface area contributed by atoms with Crippen LogP contribution in [-0.2, 0) is 0 Å². The zero-order valence-corrected chi connectivity index (χ0v) is 12.4. The maximum Gasteiger partial charge on any atom is 0.175 e. The highest BCUT2D eigenvalue weighted by Crippen LogP contribution is 2.17. The normalized spacial score (nSPS) is 9.90. The lowest BCUT2D eigenvalue weighted by Crippen LogP contribution is -2.20. The van der Waals surface area contributed by atoms with Gasteiger partial charge in [-0.15, -0.1) is 0 Å². The zero-order valence-electron chi connectivity index (χ0n) is 10.8. The lowest BCUT2D eigenvalue weighted by atomic mass is 10.1. The van der Waals surface area contributed by atoms with Gasteiger partial charge >= 0.3 is 0 Å². The molecule has 2 aromatic carbocycles. The number of nitrogens with one attached hydrogen (secondary N) is 2. The standard InChI is InChI=1S/C15H13ClN2OS/c1-10(19)13-4-2-3-5-14(13)18-15(20)17-12-8-6-11(16)7-9-12/h2-9H,1H3,(H2,17,18,20). The summed E-state index contributed by atoms with van der Waals surface area (Å²) in [5.41, 5.74) is 2.12. The maximum absolute atomic E-state index is 11.5. The van der Waals surface area contributed by atoms with Crippen LogP contribution in [0.1, 0.15) is 17.3 Å². The Balaban J connectivity index is 2.08. The molecule has 0 aliphatic carbocycles. The van der Waals surface area contributed by atoms with E-state index in [-0.39, 0.29) is 5.78 Å². The van der Waals surface area contributed by atoms with Gasteiger partial charge in [0.25, 0.3) is 0 Å². The van der Waals surface area contributed by atoms with E-state index in [0.717, 1.165) is 5.69 Å². The van der Waals surface area contributed by atoms with Crippen LogP contribution in [-0.4, -0.2) is 10.9 Å². The summed E-state index contributed by atoms with van der Waals surface area (Å²) in [6.07, 6.45) is 0. The van der Waals surface area contributed by atoms with Gasteiger partial charge in [0.15, 0.2) is 10.9 Å². The van der Waals surface area contributed by atoms with Crippen LogP contribution < -0.4 is 10.6 Å². The minimum absolute atomic E-state index is 0.0117. The van der Waals surface area contributed by atoms with Crippen molar-refractivity contribution in [2.45, 2.75) is 6.92 Å². The van der Waals surface area contributed by atoms with E-state index in [1.54, 1.807) is 18.2 Å². The molecule has 0 aromatic heterocycles. The third kappa shape index (κ3) is 3.79. The van der Waals surface area contributed by atoms with E-state index in [1.165, 1.54) is 6.92 Å². The molecule has 3 nitrogen and oxygen atoms in total. The first-order valence-corrected chi connectivity index (χ1v) is 6.78. The maximum atomic E-state index is 11.5. The van der Waals surface area contributed by atoms with Gasteiger partial charge in [0.1, 0.15) is 0 Å². The van der Waals surface area contributed by atoms with Gasteiger partial charge in [-0.3, -0.25) is 4.79 Å². The third-order valence-corrected chi connectivity index (χ3v) is 3.11. The lowest BCUT2D eigenvalue weighted by Gasteiger charge is -2.12. The van der Waals surface area contributed by atoms with Crippen LogP contribution in [0.5, 0.6) is 0 Å². The summed E-state index contributed by atoms with van der Waals surface area (Å²) < 4.78 is 0. The fourth-order valence-corrected chi connectivity index (χ4v) is 2.07. The number of hydrogen-bond donors (Lipinski definition) is 2. The molecule has 0 bridgehead atoms. The number of hydrogen-bond acceptors (Lipinski definition) is 2. The van der Waals surface area contributed by atoms with Crippen LogP contribution in [0.4, 0.5) is 11.4 Å². The van der Waals surface area contributed by atoms with Crippen molar-refractivity contribution in [3.63, 3.8) is 0 Å². The van der Waals surface area contributed by atoms with Gasteiger partial charge in [-0.2, -0.15) is 0 Å². The number of carbonyl (C=O) groups excluding carboxylic acids is 1. The van der Waals surface area contributed by atoms with Gasteiger partial charge in [-0.1, -0.05) is 23.7 Å². The van der Waals surface area contributed by atoms with E-state index in [9.17, 15) is 4.79 Å². The molecule has 0 atom stereocenters. The van der Waals surface area contributed by atoms with Gasteiger partial charge in [0.2, 0.25) is 0 Å². The highest BCUT2D eigenvalue weighted by Gasteiger charge is 2.07. The zero-order chi connectivity index (χ0) is 14.5. The smallest absolute Gasteiger partial charge is 0.175 e. The molecule has 0 amide bonds. The Hall–Kier alpha value is -1.91. The summed E-state index contributed by atoms with van der Waals surface area (Å²) in [5.74, 6) is -0.0117. The molecule has 0 saturated carbocycles. The molecule has 0 heterocycles. The summed E-state index contributed by atoms with van der Waals surface area (Å²) in [7, 11) is 0. The van der Waals surface area contributed by atoms with Gasteiger partial charge < -0.3 is 10.6 Å². The van der Waals surface area contributed by atoms with Crippen molar-refractivity contribution in [3.8, 4) is 0 Å². The Morgan fingerprint density at radius 1 is 1.05 bits per heavy atom. The quantitative estimate of drug-likeness (QED) is 0.653. The summed E-state index contributed by atoms with van der Waals surface area (Å²) in [6, 6.07) is 14.4. The van der Waals surface area contributed by atoms with E-state index >= 15 is 0 Å². The largest absolute Gasteiger partial charge is 0.332 e. The van der Waals surface area contributed by atoms with Crippen LogP contribution in [0.15, 0.2) is 48.5 Å². The van der Waals surface area contributed by atoms with Crippen LogP contribution >= 0.6 is 23.8 Å². The number of Topliss-reactive ketones (excluding diaryl/α,β-unsaturated/α-hetero) is 1. The number of carbonyl (C=O) groups is 1. The van der Waals surface area contributed by atoms with E-state index in [2.05, 4.69) is 10.6 Å². The highest BCUT2D eigenvalue weighted by molar-refractivity contribution is 7.80. The van der Waals surface area contributed by atoms with Gasteiger partial charge in [0, 0.05) is 16.3 Å². The number of para-hydroxylation sites is 1. The Morgan fingerprint density at radius 3 is 2.35 bits per heavy atom. The number of ketones is 1. The molecule has 5 heteroatoms. The molecule has 0 aliphatic heterocycles. The number of benzene rings is 2. The first kappa shape index (κ1) is 14.5. The number of rotatable bonds is 3. The topological polar surface area (TPSA) is 41.1 Å². The fraction of sp³-hybridized carbons (Fsp3) is 0.0667. The summed E-state index contributed by atoms with van der Waals surface area (Å²) in [5, 5.41) is 7.14. The van der Waals surface area contributed by atoms with E-state index in [0.29, 0.717) is 21.4 Å². The first-order chi connectivity index (χ1) is 9.56. The minimum atomic E-state index is -0.0117. The lowest BCUT2D eigenvalue weighted by molar-refractivity contribution is 0.101. The Morgan fingerprint density at radius 2 is 1.70 bits per heavy atom. The predicted octanol–water partition coefficient (Wildman–Crippen LogP) is 4.35. The average molecular weight is 305 g/mol. The average Bonchev–Trinajstić information content (AvgIpc) is 2.41. The number of thiocarbonyl (C=S) groups is 1. The van der Waals surface area contributed by atoms with Crippen LogP contribution in [0.25, 0.3) is 0 Å². The second kappa shape index (κ2) is 6.50. The molecule has 0 aliphatic rings. The Bertz CT molecular complexity index is 641. The molecular weight excluding hydrogens is 292 g/mol. The molecule has 20 heavy (non-hydrogen) atoms. The fourth-order valence-electron chi connectivity index (χ4n) is 1.72. The monoisotopic (exact) mass is 304 g/mol. The third-order valence-electron chi connectivity index (χ3n) is 2.66. The Labute approximate surface area is 128 Å².